The number of aryl methyl sites for hydroxylation is 1. The van der Waals surface area contributed by atoms with Crippen LogP contribution in [0.4, 0.5) is 4.39 Å². The van der Waals surface area contributed by atoms with Crippen LogP contribution in [-0.2, 0) is 19.6 Å². The highest BCUT2D eigenvalue weighted by Gasteiger charge is 2.32. The largest absolute Gasteiger partial charge is 0.481 e. The van der Waals surface area contributed by atoms with Gasteiger partial charge in [0.05, 0.1) is 24.0 Å². The first-order valence-electron chi connectivity index (χ1n) is 6.40. The maximum absolute atomic E-state index is 13.5. The third kappa shape index (κ3) is 3.58. The van der Waals surface area contributed by atoms with Crippen LogP contribution in [0.2, 0.25) is 0 Å². The summed E-state index contributed by atoms with van der Waals surface area (Å²) in [6.07, 6.45) is -0.963. The molecule has 1 atom stereocenters. The molecule has 0 radical (unpaired) electrons. The quantitative estimate of drug-likeness (QED) is 0.895. The molecule has 116 valence electrons. The van der Waals surface area contributed by atoms with Crippen molar-refractivity contribution in [1.29, 1.82) is 0 Å². The third-order valence-electron chi connectivity index (χ3n) is 3.28. The van der Waals surface area contributed by atoms with E-state index in [9.17, 15) is 17.6 Å². The molecule has 1 aliphatic rings. The molecular formula is C13H16FNO5S. The van der Waals surface area contributed by atoms with Crippen LogP contribution in [0.5, 0.6) is 0 Å². The zero-order valence-corrected chi connectivity index (χ0v) is 12.3. The van der Waals surface area contributed by atoms with Crippen LogP contribution in [0.25, 0.3) is 0 Å². The number of carboxylic acid groups (broad SMARTS) is 1. The Morgan fingerprint density at radius 2 is 2.24 bits per heavy atom. The average molecular weight is 317 g/mol. The number of rotatable bonds is 4. The predicted molar refractivity (Wildman–Crippen MR) is 71.9 cm³/mol. The van der Waals surface area contributed by atoms with Gasteiger partial charge >= 0.3 is 5.97 Å². The van der Waals surface area contributed by atoms with Crippen LogP contribution in [0, 0.1) is 12.7 Å². The zero-order chi connectivity index (χ0) is 15.6. The van der Waals surface area contributed by atoms with Gasteiger partial charge in [-0.15, -0.1) is 0 Å². The number of benzene rings is 1. The van der Waals surface area contributed by atoms with E-state index in [1.165, 1.54) is 12.1 Å². The minimum Gasteiger partial charge on any atom is -0.481 e. The lowest BCUT2D eigenvalue weighted by molar-refractivity contribution is -0.141. The molecule has 1 heterocycles. The van der Waals surface area contributed by atoms with Crippen molar-refractivity contribution in [1.82, 2.24) is 4.31 Å². The minimum atomic E-state index is -3.85. The highest BCUT2D eigenvalue weighted by molar-refractivity contribution is 7.89. The predicted octanol–water partition coefficient (Wildman–Crippen LogP) is 0.998. The van der Waals surface area contributed by atoms with E-state index >= 15 is 0 Å². The van der Waals surface area contributed by atoms with Crippen molar-refractivity contribution in [2.75, 3.05) is 19.7 Å². The number of carbonyl (C=O) groups is 1. The Morgan fingerprint density at radius 1 is 1.52 bits per heavy atom. The van der Waals surface area contributed by atoms with Gasteiger partial charge in [-0.25, -0.2) is 12.8 Å². The molecule has 0 saturated carbocycles. The van der Waals surface area contributed by atoms with Crippen molar-refractivity contribution in [2.24, 2.45) is 0 Å². The first-order chi connectivity index (χ1) is 9.80. The lowest BCUT2D eigenvalue weighted by Gasteiger charge is -2.31. The number of morpholine rings is 1. The van der Waals surface area contributed by atoms with Gasteiger partial charge in [0.25, 0.3) is 0 Å². The van der Waals surface area contributed by atoms with Crippen molar-refractivity contribution in [3.8, 4) is 0 Å². The van der Waals surface area contributed by atoms with Crippen LogP contribution in [0.15, 0.2) is 23.1 Å². The lowest BCUT2D eigenvalue weighted by atomic mass is 10.2. The molecule has 8 heteroatoms. The topological polar surface area (TPSA) is 83.9 Å². The van der Waals surface area contributed by atoms with Crippen LogP contribution < -0.4 is 0 Å². The smallest absolute Gasteiger partial charge is 0.306 e. The summed E-state index contributed by atoms with van der Waals surface area (Å²) < 4.78 is 44.8. The van der Waals surface area contributed by atoms with Gasteiger partial charge in [-0.3, -0.25) is 4.79 Å². The summed E-state index contributed by atoms with van der Waals surface area (Å²) in [5.74, 6) is -1.65. The SMILES string of the molecule is Cc1ccc(S(=O)(=O)N2CCOC(CC(=O)O)C2)cc1F. The fraction of sp³-hybridized carbons (Fsp3) is 0.462. The molecule has 2 rings (SSSR count). The molecule has 0 aromatic heterocycles. The normalized spacial score (nSPS) is 20.4. The van der Waals surface area contributed by atoms with E-state index in [1.54, 1.807) is 6.92 Å². The number of hydrogen-bond donors (Lipinski definition) is 1. The maximum Gasteiger partial charge on any atom is 0.306 e. The molecule has 6 nitrogen and oxygen atoms in total. The Kier molecular flexibility index (Phi) is 4.60. The molecule has 1 N–H and O–H groups in total. The Morgan fingerprint density at radius 3 is 2.86 bits per heavy atom. The molecule has 1 aromatic carbocycles. The zero-order valence-electron chi connectivity index (χ0n) is 11.5. The van der Waals surface area contributed by atoms with Crippen molar-refractivity contribution >= 4 is 16.0 Å². The summed E-state index contributed by atoms with van der Waals surface area (Å²) in [6, 6.07) is 3.72. The highest BCUT2D eigenvalue weighted by Crippen LogP contribution is 2.21. The summed E-state index contributed by atoms with van der Waals surface area (Å²) in [6.45, 7) is 1.73. The van der Waals surface area contributed by atoms with E-state index < -0.39 is 27.9 Å². The van der Waals surface area contributed by atoms with E-state index in [-0.39, 0.29) is 31.0 Å². The summed E-state index contributed by atoms with van der Waals surface area (Å²) in [5.41, 5.74) is 0.361. The van der Waals surface area contributed by atoms with E-state index in [0.29, 0.717) is 5.56 Å². The van der Waals surface area contributed by atoms with E-state index in [4.69, 9.17) is 9.84 Å². The number of hydrogen-bond acceptors (Lipinski definition) is 4. The molecule has 21 heavy (non-hydrogen) atoms. The van der Waals surface area contributed by atoms with Crippen molar-refractivity contribution in [3.05, 3.63) is 29.6 Å². The first-order valence-corrected chi connectivity index (χ1v) is 7.84. The summed E-state index contributed by atoms with van der Waals surface area (Å²) in [4.78, 5) is 10.5. The van der Waals surface area contributed by atoms with Crippen molar-refractivity contribution < 1.29 is 27.4 Å². The number of sulfonamides is 1. The molecule has 1 aromatic rings. The van der Waals surface area contributed by atoms with Crippen LogP contribution in [0.1, 0.15) is 12.0 Å². The summed E-state index contributed by atoms with van der Waals surface area (Å²) in [7, 11) is -3.85. The summed E-state index contributed by atoms with van der Waals surface area (Å²) in [5, 5.41) is 8.74. The molecule has 1 fully saturated rings. The van der Waals surface area contributed by atoms with Crippen LogP contribution in [0.3, 0.4) is 0 Å². The second-order valence-electron chi connectivity index (χ2n) is 4.86. The fourth-order valence-corrected chi connectivity index (χ4v) is 3.58. The number of aliphatic carboxylic acids is 1. The molecular weight excluding hydrogens is 301 g/mol. The molecule has 0 amide bonds. The summed E-state index contributed by atoms with van der Waals surface area (Å²) >= 11 is 0. The van der Waals surface area contributed by atoms with Crippen molar-refractivity contribution in [3.63, 3.8) is 0 Å². The van der Waals surface area contributed by atoms with E-state index in [2.05, 4.69) is 0 Å². The van der Waals surface area contributed by atoms with Gasteiger partial charge in [-0.1, -0.05) is 6.07 Å². The maximum atomic E-state index is 13.5. The van der Waals surface area contributed by atoms with Gasteiger partial charge < -0.3 is 9.84 Å². The third-order valence-corrected chi connectivity index (χ3v) is 5.15. The van der Waals surface area contributed by atoms with Gasteiger partial charge in [0.2, 0.25) is 10.0 Å². The number of ether oxygens (including phenoxy) is 1. The van der Waals surface area contributed by atoms with Gasteiger partial charge in [-0.2, -0.15) is 4.31 Å². The van der Waals surface area contributed by atoms with Crippen LogP contribution in [-0.4, -0.2) is 49.6 Å². The molecule has 0 spiro atoms. The molecule has 0 aliphatic carbocycles. The van der Waals surface area contributed by atoms with E-state index in [0.717, 1.165) is 10.4 Å². The highest BCUT2D eigenvalue weighted by atomic mass is 32.2. The second kappa shape index (κ2) is 6.08. The Bertz CT molecular complexity index is 646. The minimum absolute atomic E-state index is 0.0515. The van der Waals surface area contributed by atoms with Gasteiger partial charge in [0, 0.05) is 13.1 Å². The Balaban J connectivity index is 2.22. The molecule has 1 aliphatic heterocycles. The second-order valence-corrected chi connectivity index (χ2v) is 6.80. The Labute approximate surface area is 122 Å². The van der Waals surface area contributed by atoms with Crippen molar-refractivity contribution in [2.45, 2.75) is 24.3 Å². The van der Waals surface area contributed by atoms with Crippen LogP contribution >= 0.6 is 0 Å². The number of nitrogens with zero attached hydrogens (tertiary/aromatic N) is 1. The number of halogens is 1. The average Bonchev–Trinajstić information content (AvgIpc) is 2.41. The fourth-order valence-electron chi connectivity index (χ4n) is 2.11. The van der Waals surface area contributed by atoms with E-state index in [1.807, 2.05) is 0 Å². The van der Waals surface area contributed by atoms with Gasteiger partial charge in [-0.05, 0) is 24.6 Å². The Hall–Kier alpha value is -1.51. The molecule has 0 bridgehead atoms. The molecule has 1 unspecified atom stereocenters. The standard InChI is InChI=1S/C13H16FNO5S/c1-9-2-3-11(7-12(9)14)21(18,19)15-4-5-20-10(8-15)6-13(16)17/h2-3,7,10H,4-6,8H2,1H3,(H,16,17). The first kappa shape index (κ1) is 15.9. The molecule has 1 saturated heterocycles. The van der Waals surface area contributed by atoms with Gasteiger partial charge in [0.1, 0.15) is 5.82 Å². The lowest BCUT2D eigenvalue weighted by Crippen LogP contribution is -2.46. The number of carboxylic acids is 1. The van der Waals surface area contributed by atoms with Gasteiger partial charge in [0.15, 0.2) is 0 Å². The monoisotopic (exact) mass is 317 g/mol.